The van der Waals surface area contributed by atoms with Gasteiger partial charge in [0.25, 0.3) is 0 Å². The van der Waals surface area contributed by atoms with Gasteiger partial charge in [0.1, 0.15) is 17.1 Å². The van der Waals surface area contributed by atoms with Crippen LogP contribution in [0, 0.1) is 0 Å². The minimum Gasteiger partial charge on any atom is -0.508 e. The predicted molar refractivity (Wildman–Crippen MR) is 117 cm³/mol. The van der Waals surface area contributed by atoms with Gasteiger partial charge in [-0.3, -0.25) is 0 Å². The Hall–Kier alpha value is -3.52. The van der Waals surface area contributed by atoms with Crippen LogP contribution in [0.3, 0.4) is 0 Å². The number of benzene rings is 2. The summed E-state index contributed by atoms with van der Waals surface area (Å²) in [6.07, 6.45) is -0.349. The summed E-state index contributed by atoms with van der Waals surface area (Å²) in [6, 6.07) is 11.4. The fourth-order valence-electron chi connectivity index (χ4n) is 4.32. The molecule has 0 spiro atoms. The zero-order valence-electron chi connectivity index (χ0n) is 18.9. The first-order valence-electron chi connectivity index (χ1n) is 10.5. The topological polar surface area (TPSA) is 112 Å². The molecule has 0 saturated carbocycles. The van der Waals surface area contributed by atoms with Crippen molar-refractivity contribution >= 4 is 17.5 Å². The summed E-state index contributed by atoms with van der Waals surface area (Å²) in [5.41, 5.74) is -0.362. The van der Waals surface area contributed by atoms with Crippen LogP contribution in [0.15, 0.2) is 48.2 Å². The van der Waals surface area contributed by atoms with Crippen LogP contribution in [-0.2, 0) is 36.6 Å². The Balaban J connectivity index is 1.81. The lowest BCUT2D eigenvalue weighted by Crippen LogP contribution is -2.46. The first kappa shape index (κ1) is 22.7. The van der Waals surface area contributed by atoms with Crippen LogP contribution in [0.25, 0.3) is 5.57 Å². The zero-order valence-corrected chi connectivity index (χ0v) is 18.9. The highest BCUT2D eigenvalue weighted by Crippen LogP contribution is 2.44. The van der Waals surface area contributed by atoms with E-state index in [0.717, 1.165) is 5.56 Å². The van der Waals surface area contributed by atoms with Gasteiger partial charge in [0.05, 0.1) is 25.9 Å². The molecule has 0 bridgehead atoms. The molecule has 2 N–H and O–H groups in total. The van der Waals surface area contributed by atoms with Crippen LogP contribution in [0.2, 0.25) is 0 Å². The quantitative estimate of drug-likeness (QED) is 0.663. The normalized spacial score (nSPS) is 23.4. The smallest absolute Gasteiger partial charge is 0.375 e. The fraction of sp³-hybridized carbons (Fsp3) is 0.360. The van der Waals surface area contributed by atoms with Crippen LogP contribution in [-0.4, -0.2) is 53.7 Å². The zero-order chi connectivity index (χ0) is 24.0. The number of carbonyl (C=O) groups is 2. The molecular formula is C25H26O8. The van der Waals surface area contributed by atoms with Gasteiger partial charge < -0.3 is 29.2 Å². The molecule has 2 aliphatic rings. The molecule has 0 aliphatic carbocycles. The number of fused-ring (bicyclic) bond motifs is 1. The number of phenolic OH excluding ortho intramolecular Hbond substituents is 1. The molecule has 0 saturated heterocycles. The highest BCUT2D eigenvalue weighted by atomic mass is 16.6. The summed E-state index contributed by atoms with van der Waals surface area (Å²) < 4.78 is 22.0. The van der Waals surface area contributed by atoms with E-state index < -0.39 is 29.2 Å². The molecule has 2 heterocycles. The van der Waals surface area contributed by atoms with Crippen molar-refractivity contribution in [3.05, 3.63) is 64.9 Å². The largest absolute Gasteiger partial charge is 0.508 e. The fourth-order valence-corrected chi connectivity index (χ4v) is 4.32. The van der Waals surface area contributed by atoms with E-state index in [-0.39, 0.29) is 23.5 Å². The van der Waals surface area contributed by atoms with Gasteiger partial charge in [0, 0.05) is 12.8 Å². The Bertz CT molecular complexity index is 1130. The Labute approximate surface area is 191 Å². The number of esters is 2. The molecule has 2 aromatic rings. The van der Waals surface area contributed by atoms with Crippen LogP contribution >= 0.6 is 0 Å². The lowest BCUT2D eigenvalue weighted by molar-refractivity contribution is -0.169. The summed E-state index contributed by atoms with van der Waals surface area (Å²) in [5.74, 6) is -0.977. The van der Waals surface area contributed by atoms with E-state index in [1.807, 2.05) is 19.9 Å². The Morgan fingerprint density at radius 3 is 2.45 bits per heavy atom. The summed E-state index contributed by atoms with van der Waals surface area (Å²) >= 11 is 0. The maximum Gasteiger partial charge on any atom is 0.375 e. The van der Waals surface area contributed by atoms with Crippen molar-refractivity contribution in [2.75, 3.05) is 14.2 Å². The Morgan fingerprint density at radius 2 is 1.82 bits per heavy atom. The van der Waals surface area contributed by atoms with Gasteiger partial charge in [0.2, 0.25) is 11.4 Å². The highest BCUT2D eigenvalue weighted by molar-refractivity contribution is 6.11. The van der Waals surface area contributed by atoms with Gasteiger partial charge in [-0.1, -0.05) is 24.3 Å². The lowest BCUT2D eigenvalue weighted by Gasteiger charge is -2.37. The molecule has 0 amide bonds. The van der Waals surface area contributed by atoms with Gasteiger partial charge >= 0.3 is 11.9 Å². The van der Waals surface area contributed by atoms with Gasteiger partial charge in [-0.05, 0) is 48.7 Å². The monoisotopic (exact) mass is 454 g/mol. The molecule has 2 aromatic carbocycles. The van der Waals surface area contributed by atoms with Crippen molar-refractivity contribution in [3.8, 4) is 11.5 Å². The number of carbonyl (C=O) groups excluding carboxylic acids is 2. The number of phenols is 1. The van der Waals surface area contributed by atoms with Crippen molar-refractivity contribution in [2.24, 2.45) is 0 Å². The maximum absolute atomic E-state index is 13.1. The number of methoxy groups -OCH3 is 2. The van der Waals surface area contributed by atoms with E-state index in [1.165, 1.54) is 26.4 Å². The molecule has 0 radical (unpaired) electrons. The molecular weight excluding hydrogens is 428 g/mol. The van der Waals surface area contributed by atoms with Crippen LogP contribution < -0.4 is 4.74 Å². The Morgan fingerprint density at radius 1 is 1.12 bits per heavy atom. The highest BCUT2D eigenvalue weighted by Gasteiger charge is 2.56. The van der Waals surface area contributed by atoms with E-state index in [4.69, 9.17) is 18.9 Å². The number of rotatable bonds is 5. The standard InChI is InChI=1S/C25H26O8/c1-24(2)19(27)12-16-11-14(5-10-18(16)32-24)13-25(23(29)31-4)20(21(30-3)22(28)33-25)15-6-8-17(26)9-7-15/h5-11,19,26-27H,12-13H2,1-4H3/t19-,25+/m0/s1. The second-order valence-corrected chi connectivity index (χ2v) is 8.71. The van der Waals surface area contributed by atoms with Gasteiger partial charge in [0.15, 0.2) is 0 Å². The number of aliphatic hydroxyl groups is 1. The van der Waals surface area contributed by atoms with Crippen LogP contribution in [0.1, 0.15) is 30.5 Å². The van der Waals surface area contributed by atoms with E-state index in [1.54, 1.807) is 24.3 Å². The average Bonchev–Trinajstić information content (AvgIpc) is 3.06. The molecule has 33 heavy (non-hydrogen) atoms. The third kappa shape index (κ3) is 3.80. The van der Waals surface area contributed by atoms with Crippen molar-refractivity contribution in [2.45, 2.75) is 44.0 Å². The molecule has 4 rings (SSSR count). The summed E-state index contributed by atoms with van der Waals surface area (Å²) in [7, 11) is 2.54. The van der Waals surface area contributed by atoms with Crippen LogP contribution in [0.5, 0.6) is 11.5 Å². The third-order valence-corrected chi connectivity index (χ3v) is 6.13. The van der Waals surface area contributed by atoms with E-state index >= 15 is 0 Å². The van der Waals surface area contributed by atoms with Gasteiger partial charge in [-0.15, -0.1) is 0 Å². The van der Waals surface area contributed by atoms with E-state index in [0.29, 0.717) is 23.3 Å². The number of ether oxygens (including phenoxy) is 4. The van der Waals surface area contributed by atoms with Crippen molar-refractivity contribution in [1.82, 2.24) is 0 Å². The minimum absolute atomic E-state index is 0.0265. The summed E-state index contributed by atoms with van der Waals surface area (Å²) in [6.45, 7) is 3.64. The molecule has 8 nitrogen and oxygen atoms in total. The first-order chi connectivity index (χ1) is 15.6. The molecule has 2 atom stereocenters. The second-order valence-electron chi connectivity index (χ2n) is 8.71. The van der Waals surface area contributed by atoms with E-state index in [9.17, 15) is 19.8 Å². The average molecular weight is 454 g/mol. The molecule has 2 aliphatic heterocycles. The van der Waals surface area contributed by atoms with Gasteiger partial charge in [-0.25, -0.2) is 9.59 Å². The molecule has 8 heteroatoms. The predicted octanol–water partition coefficient (Wildman–Crippen LogP) is 2.54. The lowest BCUT2D eigenvalue weighted by atomic mass is 9.82. The number of aliphatic hydroxyl groups excluding tert-OH is 1. The van der Waals surface area contributed by atoms with Crippen molar-refractivity contribution in [1.29, 1.82) is 0 Å². The Kier molecular flexibility index (Phi) is 5.57. The third-order valence-electron chi connectivity index (χ3n) is 6.13. The van der Waals surface area contributed by atoms with Gasteiger partial charge in [-0.2, -0.15) is 0 Å². The van der Waals surface area contributed by atoms with Crippen LogP contribution in [0.4, 0.5) is 0 Å². The number of hydrogen-bond acceptors (Lipinski definition) is 8. The molecule has 0 fully saturated rings. The minimum atomic E-state index is -1.80. The SMILES string of the molecule is COC(=O)[C@]1(Cc2ccc3c(c2)C[C@H](O)C(C)(C)O3)OC(=O)C(OC)=C1c1ccc(O)cc1. The van der Waals surface area contributed by atoms with Crippen molar-refractivity contribution < 1.29 is 38.7 Å². The first-order valence-corrected chi connectivity index (χ1v) is 10.5. The number of cyclic esters (lactones) is 1. The van der Waals surface area contributed by atoms with E-state index in [2.05, 4.69) is 0 Å². The maximum atomic E-state index is 13.1. The molecule has 174 valence electrons. The molecule has 0 unspecified atom stereocenters. The summed E-state index contributed by atoms with van der Waals surface area (Å²) in [5, 5.41) is 20.1. The molecule has 0 aromatic heterocycles. The second kappa shape index (κ2) is 8.12. The number of hydrogen-bond donors (Lipinski definition) is 2. The van der Waals surface area contributed by atoms with Crippen molar-refractivity contribution in [3.63, 3.8) is 0 Å². The number of aromatic hydroxyl groups is 1. The summed E-state index contributed by atoms with van der Waals surface area (Å²) in [4.78, 5) is 25.8.